The number of nitrogens with zero attached hydrogens (tertiary/aromatic N) is 1. The van der Waals surface area contributed by atoms with Crippen LogP contribution in [0.15, 0.2) is 0 Å². The van der Waals surface area contributed by atoms with Crippen LogP contribution in [0, 0.1) is 0 Å². The average molecular weight is 287 g/mol. The minimum absolute atomic E-state index is 0.137. The molecule has 0 aromatic rings. The maximum absolute atomic E-state index is 11.9. The fourth-order valence-corrected chi connectivity index (χ4v) is 1.86. The van der Waals surface area contributed by atoms with E-state index in [1.165, 1.54) is 0 Å². The molecular formula is C13H25N3O4. The number of rotatable bonds is 3. The fourth-order valence-electron chi connectivity index (χ4n) is 1.86. The molecule has 0 aromatic carbocycles. The summed E-state index contributed by atoms with van der Waals surface area (Å²) in [6.07, 6.45) is 0.744. The molecule has 0 aliphatic carbocycles. The molecule has 7 nitrogen and oxygen atoms in total. The Morgan fingerprint density at radius 3 is 2.35 bits per heavy atom. The summed E-state index contributed by atoms with van der Waals surface area (Å²) in [5.41, 5.74) is 4.93. The van der Waals surface area contributed by atoms with E-state index in [4.69, 9.17) is 9.47 Å². The van der Waals surface area contributed by atoms with Crippen LogP contribution in [0.1, 0.15) is 40.5 Å². The number of ether oxygens (including phenoxy) is 2. The van der Waals surface area contributed by atoms with E-state index in [1.807, 2.05) is 20.8 Å². The van der Waals surface area contributed by atoms with E-state index >= 15 is 0 Å². The number of likely N-dealkylation sites (tertiary alicyclic amines) is 1. The van der Waals surface area contributed by atoms with Gasteiger partial charge in [0.05, 0.1) is 6.61 Å². The largest absolute Gasteiger partial charge is 0.449 e. The highest BCUT2D eigenvalue weighted by atomic mass is 16.6. The van der Waals surface area contributed by atoms with Crippen LogP contribution in [0.4, 0.5) is 9.59 Å². The van der Waals surface area contributed by atoms with Gasteiger partial charge in [0.2, 0.25) is 0 Å². The minimum atomic E-state index is -0.484. The Labute approximate surface area is 119 Å². The summed E-state index contributed by atoms with van der Waals surface area (Å²) < 4.78 is 10.1. The Hall–Kier alpha value is -1.50. The van der Waals surface area contributed by atoms with Gasteiger partial charge in [0, 0.05) is 19.1 Å². The Kier molecular flexibility index (Phi) is 6.06. The predicted molar refractivity (Wildman–Crippen MR) is 74.1 cm³/mol. The molecule has 1 heterocycles. The smallest absolute Gasteiger partial charge is 0.421 e. The summed E-state index contributed by atoms with van der Waals surface area (Å²) in [6, 6.07) is 0.137. The first-order chi connectivity index (χ1) is 9.31. The van der Waals surface area contributed by atoms with Crippen molar-refractivity contribution in [2.75, 3.05) is 19.7 Å². The molecule has 0 atom stereocenters. The van der Waals surface area contributed by atoms with Gasteiger partial charge in [-0.2, -0.15) is 0 Å². The van der Waals surface area contributed by atoms with Crippen molar-refractivity contribution >= 4 is 12.2 Å². The molecule has 0 aromatic heterocycles. The molecule has 0 unspecified atom stereocenters. The molecule has 0 saturated carbocycles. The highest BCUT2D eigenvalue weighted by molar-refractivity contribution is 5.68. The molecule has 20 heavy (non-hydrogen) atoms. The van der Waals surface area contributed by atoms with Crippen molar-refractivity contribution in [1.29, 1.82) is 0 Å². The van der Waals surface area contributed by atoms with Gasteiger partial charge >= 0.3 is 12.2 Å². The molecule has 1 fully saturated rings. The molecule has 1 rings (SSSR count). The van der Waals surface area contributed by atoms with Crippen molar-refractivity contribution in [2.24, 2.45) is 0 Å². The quantitative estimate of drug-likeness (QED) is 0.771. The summed E-state index contributed by atoms with van der Waals surface area (Å²) in [5, 5.41) is 0. The lowest BCUT2D eigenvalue weighted by Crippen LogP contribution is -2.51. The van der Waals surface area contributed by atoms with Crippen molar-refractivity contribution in [1.82, 2.24) is 15.8 Å². The van der Waals surface area contributed by atoms with Crippen molar-refractivity contribution in [3.8, 4) is 0 Å². The third-order valence-electron chi connectivity index (χ3n) is 2.80. The van der Waals surface area contributed by atoms with Gasteiger partial charge in [-0.1, -0.05) is 0 Å². The Balaban J connectivity index is 2.26. The molecule has 1 aliphatic rings. The van der Waals surface area contributed by atoms with Gasteiger partial charge in [-0.05, 0) is 40.5 Å². The second kappa shape index (κ2) is 7.33. The molecule has 1 aliphatic heterocycles. The molecule has 2 amide bonds. The van der Waals surface area contributed by atoms with E-state index in [-0.39, 0.29) is 12.1 Å². The van der Waals surface area contributed by atoms with Crippen LogP contribution in [0.3, 0.4) is 0 Å². The molecule has 0 radical (unpaired) electrons. The second-order valence-electron chi connectivity index (χ2n) is 5.73. The zero-order valence-corrected chi connectivity index (χ0v) is 12.7. The van der Waals surface area contributed by atoms with Crippen molar-refractivity contribution in [3.05, 3.63) is 0 Å². The molecule has 0 bridgehead atoms. The maximum atomic E-state index is 11.9. The van der Waals surface area contributed by atoms with E-state index in [0.29, 0.717) is 19.7 Å². The number of amides is 2. The molecule has 7 heteroatoms. The van der Waals surface area contributed by atoms with Crippen LogP contribution < -0.4 is 10.9 Å². The lowest BCUT2D eigenvalue weighted by Gasteiger charge is -2.33. The Morgan fingerprint density at radius 2 is 1.85 bits per heavy atom. The van der Waals surface area contributed by atoms with E-state index in [0.717, 1.165) is 12.8 Å². The van der Waals surface area contributed by atoms with Crippen LogP contribution in [0.2, 0.25) is 0 Å². The number of hydrogen-bond acceptors (Lipinski definition) is 5. The van der Waals surface area contributed by atoms with Crippen LogP contribution in [0.5, 0.6) is 0 Å². The second-order valence-corrected chi connectivity index (χ2v) is 5.73. The number of carbonyl (C=O) groups is 2. The molecule has 1 saturated heterocycles. The molecule has 0 spiro atoms. The highest BCUT2D eigenvalue weighted by Crippen LogP contribution is 2.15. The number of nitrogens with one attached hydrogen (secondary N) is 2. The minimum Gasteiger partial charge on any atom is -0.449 e. The van der Waals surface area contributed by atoms with Crippen LogP contribution >= 0.6 is 0 Å². The summed E-state index contributed by atoms with van der Waals surface area (Å²) in [6.45, 7) is 8.85. The molecule has 116 valence electrons. The van der Waals surface area contributed by atoms with Crippen LogP contribution in [0.25, 0.3) is 0 Å². The van der Waals surface area contributed by atoms with Gasteiger partial charge in [0.15, 0.2) is 0 Å². The van der Waals surface area contributed by atoms with Gasteiger partial charge in [0.25, 0.3) is 0 Å². The highest BCUT2D eigenvalue weighted by Gasteiger charge is 2.26. The number of hydrogen-bond donors (Lipinski definition) is 2. The van der Waals surface area contributed by atoms with Crippen molar-refractivity contribution < 1.29 is 19.1 Å². The van der Waals surface area contributed by atoms with Gasteiger partial charge in [-0.3, -0.25) is 5.43 Å². The summed E-state index contributed by atoms with van der Waals surface area (Å²) in [7, 11) is 0. The predicted octanol–water partition coefficient (Wildman–Crippen LogP) is 1.64. The monoisotopic (exact) mass is 287 g/mol. The number of carbonyl (C=O) groups excluding carboxylic acids is 2. The van der Waals surface area contributed by atoms with E-state index in [9.17, 15) is 9.59 Å². The third-order valence-corrected chi connectivity index (χ3v) is 2.80. The number of piperidine rings is 1. The fraction of sp³-hybridized carbons (Fsp3) is 0.846. The summed E-state index contributed by atoms with van der Waals surface area (Å²) in [4.78, 5) is 24.7. The molecular weight excluding hydrogens is 262 g/mol. The summed E-state index contributed by atoms with van der Waals surface area (Å²) >= 11 is 0. The average Bonchev–Trinajstić information content (AvgIpc) is 2.35. The molecule has 2 N–H and O–H groups in total. The first-order valence-corrected chi connectivity index (χ1v) is 6.98. The van der Waals surface area contributed by atoms with E-state index < -0.39 is 11.7 Å². The zero-order valence-electron chi connectivity index (χ0n) is 12.7. The lowest BCUT2D eigenvalue weighted by molar-refractivity contribution is 0.0193. The maximum Gasteiger partial charge on any atom is 0.421 e. The topological polar surface area (TPSA) is 79.9 Å². The lowest BCUT2D eigenvalue weighted by atomic mass is 10.1. The van der Waals surface area contributed by atoms with E-state index in [2.05, 4.69) is 10.9 Å². The normalized spacial score (nSPS) is 16.7. The van der Waals surface area contributed by atoms with Crippen LogP contribution in [-0.4, -0.2) is 48.4 Å². The van der Waals surface area contributed by atoms with Gasteiger partial charge in [-0.15, -0.1) is 0 Å². The SMILES string of the molecule is CCOC(=O)NNC1CCN(C(=O)OC(C)(C)C)CC1. The first kappa shape index (κ1) is 16.6. The van der Waals surface area contributed by atoms with Crippen molar-refractivity contribution in [2.45, 2.75) is 52.2 Å². The Morgan fingerprint density at radius 1 is 1.25 bits per heavy atom. The zero-order chi connectivity index (χ0) is 15.2. The van der Waals surface area contributed by atoms with Gasteiger partial charge < -0.3 is 14.4 Å². The Bertz CT molecular complexity index is 333. The van der Waals surface area contributed by atoms with E-state index in [1.54, 1.807) is 11.8 Å². The van der Waals surface area contributed by atoms with Gasteiger partial charge in [-0.25, -0.2) is 15.0 Å². The summed E-state index contributed by atoms with van der Waals surface area (Å²) in [5.74, 6) is 0. The van der Waals surface area contributed by atoms with Crippen LogP contribution in [-0.2, 0) is 9.47 Å². The number of hydrazine groups is 1. The standard InChI is InChI=1S/C13H25N3O4/c1-5-19-11(17)15-14-10-6-8-16(9-7-10)12(18)20-13(2,3)4/h10,14H,5-9H2,1-4H3,(H,15,17). The third kappa shape index (κ3) is 6.10. The van der Waals surface area contributed by atoms with Gasteiger partial charge in [0.1, 0.15) is 5.60 Å². The van der Waals surface area contributed by atoms with Crippen molar-refractivity contribution in [3.63, 3.8) is 0 Å². The first-order valence-electron chi connectivity index (χ1n) is 6.98.